The summed E-state index contributed by atoms with van der Waals surface area (Å²) < 4.78 is 2.14. The number of hydrogen-bond donors (Lipinski definition) is 1. The lowest BCUT2D eigenvalue weighted by Gasteiger charge is -2.29. The first-order valence-electron chi connectivity index (χ1n) is 7.52. The van der Waals surface area contributed by atoms with Crippen LogP contribution in [0, 0.1) is 13.8 Å². The van der Waals surface area contributed by atoms with Crippen molar-refractivity contribution in [1.29, 1.82) is 0 Å². The largest absolute Gasteiger partial charge is 0.478 e. The van der Waals surface area contributed by atoms with Crippen molar-refractivity contribution in [1.82, 2.24) is 14.5 Å². The summed E-state index contributed by atoms with van der Waals surface area (Å²) >= 11 is 0. The molecule has 0 fully saturated rings. The van der Waals surface area contributed by atoms with E-state index in [2.05, 4.69) is 21.4 Å². The lowest BCUT2D eigenvalue weighted by atomic mass is 9.94. The van der Waals surface area contributed by atoms with Crippen molar-refractivity contribution in [2.75, 3.05) is 6.54 Å². The van der Waals surface area contributed by atoms with Gasteiger partial charge in [-0.3, -0.25) is 4.90 Å². The van der Waals surface area contributed by atoms with Gasteiger partial charge in [-0.2, -0.15) is 0 Å². The first-order valence-corrected chi connectivity index (χ1v) is 7.52. The van der Waals surface area contributed by atoms with Crippen molar-refractivity contribution >= 4 is 5.97 Å². The van der Waals surface area contributed by atoms with Gasteiger partial charge in [-0.1, -0.05) is 12.1 Å². The third-order valence-corrected chi connectivity index (χ3v) is 4.65. The minimum absolute atomic E-state index is 0.445. The van der Waals surface area contributed by atoms with Gasteiger partial charge >= 0.3 is 5.97 Å². The van der Waals surface area contributed by atoms with Crippen molar-refractivity contribution in [2.24, 2.45) is 7.05 Å². The standard InChI is InChI=1S/C17H21N3O2/c1-11-12(2)19(3)16(18-11)10-20-8-7-14-13(9-20)5-4-6-15(14)17(21)22/h4-6H,7-10H2,1-3H3,(H,21,22). The molecule has 0 saturated heterocycles. The second-order valence-corrected chi connectivity index (χ2v) is 5.97. The molecule has 0 saturated carbocycles. The highest BCUT2D eigenvalue weighted by Gasteiger charge is 2.22. The van der Waals surface area contributed by atoms with Gasteiger partial charge in [0.15, 0.2) is 0 Å². The quantitative estimate of drug-likeness (QED) is 0.945. The number of carboxylic acid groups (broad SMARTS) is 1. The first-order chi connectivity index (χ1) is 10.5. The maximum Gasteiger partial charge on any atom is 0.335 e. The Hall–Kier alpha value is -2.14. The lowest BCUT2D eigenvalue weighted by molar-refractivity contribution is 0.0694. The van der Waals surface area contributed by atoms with Crippen LogP contribution in [0.3, 0.4) is 0 Å². The molecule has 1 aromatic carbocycles. The summed E-state index contributed by atoms with van der Waals surface area (Å²) in [4.78, 5) is 18.3. The Labute approximate surface area is 130 Å². The minimum atomic E-state index is -0.833. The maximum absolute atomic E-state index is 11.3. The molecule has 2 heterocycles. The van der Waals surface area contributed by atoms with E-state index in [9.17, 15) is 9.90 Å². The molecule has 22 heavy (non-hydrogen) atoms. The second-order valence-electron chi connectivity index (χ2n) is 5.97. The third-order valence-electron chi connectivity index (χ3n) is 4.65. The summed E-state index contributed by atoms with van der Waals surface area (Å²) in [5.74, 6) is 0.230. The van der Waals surface area contributed by atoms with Crippen molar-refractivity contribution < 1.29 is 9.90 Å². The van der Waals surface area contributed by atoms with Crippen LogP contribution >= 0.6 is 0 Å². The zero-order chi connectivity index (χ0) is 15.9. The van der Waals surface area contributed by atoms with E-state index in [1.807, 2.05) is 26.1 Å². The maximum atomic E-state index is 11.3. The van der Waals surface area contributed by atoms with Crippen molar-refractivity contribution in [3.8, 4) is 0 Å². The molecule has 0 aliphatic carbocycles. The van der Waals surface area contributed by atoms with Crippen molar-refractivity contribution in [3.63, 3.8) is 0 Å². The molecule has 1 aliphatic rings. The fourth-order valence-corrected chi connectivity index (χ4v) is 3.13. The van der Waals surface area contributed by atoms with Crippen LogP contribution in [-0.2, 0) is 26.6 Å². The number of nitrogens with zero attached hydrogens (tertiary/aromatic N) is 3. The molecule has 5 heteroatoms. The van der Waals surface area contributed by atoms with Gasteiger partial charge < -0.3 is 9.67 Å². The van der Waals surface area contributed by atoms with Gasteiger partial charge in [0, 0.05) is 25.8 Å². The normalized spacial score (nSPS) is 14.9. The van der Waals surface area contributed by atoms with Gasteiger partial charge in [0.25, 0.3) is 0 Å². The zero-order valence-corrected chi connectivity index (χ0v) is 13.3. The van der Waals surface area contributed by atoms with Crippen LogP contribution in [0.15, 0.2) is 18.2 Å². The average molecular weight is 299 g/mol. The lowest BCUT2D eigenvalue weighted by Crippen LogP contribution is -2.32. The molecule has 1 N–H and O–H groups in total. The zero-order valence-electron chi connectivity index (χ0n) is 13.3. The van der Waals surface area contributed by atoms with E-state index < -0.39 is 5.97 Å². The molecule has 0 atom stereocenters. The smallest absolute Gasteiger partial charge is 0.335 e. The second kappa shape index (κ2) is 5.57. The number of carboxylic acids is 1. The van der Waals surface area contributed by atoms with Crippen LogP contribution in [0.2, 0.25) is 0 Å². The molecule has 3 rings (SSSR count). The van der Waals surface area contributed by atoms with E-state index in [4.69, 9.17) is 0 Å². The number of aromatic carboxylic acids is 1. The van der Waals surface area contributed by atoms with Crippen LogP contribution in [0.4, 0.5) is 0 Å². The third kappa shape index (κ3) is 2.52. The summed E-state index contributed by atoms with van der Waals surface area (Å²) in [5, 5.41) is 9.28. The summed E-state index contributed by atoms with van der Waals surface area (Å²) in [7, 11) is 2.05. The summed E-state index contributed by atoms with van der Waals surface area (Å²) in [6.07, 6.45) is 0.778. The van der Waals surface area contributed by atoms with Crippen molar-refractivity contribution in [2.45, 2.75) is 33.4 Å². The molecule has 5 nitrogen and oxygen atoms in total. The molecule has 0 amide bonds. The fraction of sp³-hybridized carbons (Fsp3) is 0.412. The molecule has 2 aromatic rings. The molecule has 116 valence electrons. The van der Waals surface area contributed by atoms with E-state index in [0.717, 1.165) is 48.7 Å². The van der Waals surface area contributed by atoms with Gasteiger partial charge in [0.05, 0.1) is 17.8 Å². The number of rotatable bonds is 3. The average Bonchev–Trinajstić information content (AvgIpc) is 2.73. The highest BCUT2D eigenvalue weighted by atomic mass is 16.4. The summed E-state index contributed by atoms with van der Waals surface area (Å²) in [6, 6.07) is 5.56. The molecule has 0 unspecified atom stereocenters. The van der Waals surface area contributed by atoms with E-state index >= 15 is 0 Å². The number of hydrogen-bond acceptors (Lipinski definition) is 3. The monoisotopic (exact) mass is 299 g/mol. The van der Waals surface area contributed by atoms with Gasteiger partial charge in [-0.25, -0.2) is 9.78 Å². The van der Waals surface area contributed by atoms with E-state index in [-0.39, 0.29) is 0 Å². The van der Waals surface area contributed by atoms with Gasteiger partial charge in [-0.15, -0.1) is 0 Å². The fourth-order valence-electron chi connectivity index (χ4n) is 3.13. The Morgan fingerprint density at radius 3 is 2.77 bits per heavy atom. The van der Waals surface area contributed by atoms with Crippen LogP contribution < -0.4 is 0 Å². The Morgan fingerprint density at radius 1 is 1.36 bits per heavy atom. The number of benzene rings is 1. The van der Waals surface area contributed by atoms with Crippen LogP contribution in [0.25, 0.3) is 0 Å². The van der Waals surface area contributed by atoms with E-state index in [0.29, 0.717) is 5.56 Å². The van der Waals surface area contributed by atoms with Gasteiger partial charge in [0.2, 0.25) is 0 Å². The summed E-state index contributed by atoms with van der Waals surface area (Å²) in [6.45, 7) is 6.55. The summed E-state index contributed by atoms with van der Waals surface area (Å²) in [5.41, 5.74) is 4.82. The first kappa shape index (κ1) is 14.8. The predicted molar refractivity (Wildman–Crippen MR) is 83.9 cm³/mol. The number of fused-ring (bicyclic) bond motifs is 1. The molecular formula is C17H21N3O2. The van der Waals surface area contributed by atoms with Gasteiger partial charge in [-0.05, 0) is 37.5 Å². The number of carbonyl (C=O) groups is 1. The van der Waals surface area contributed by atoms with E-state index in [1.165, 1.54) is 5.69 Å². The number of imidazole rings is 1. The van der Waals surface area contributed by atoms with Crippen LogP contribution in [-0.4, -0.2) is 32.1 Å². The number of aryl methyl sites for hydroxylation is 1. The Balaban J connectivity index is 1.81. The molecule has 1 aliphatic heterocycles. The SMILES string of the molecule is Cc1nc(CN2CCc3c(cccc3C(=O)O)C2)n(C)c1C. The molecule has 0 radical (unpaired) electrons. The number of aromatic nitrogens is 2. The predicted octanol–water partition coefficient (Wildman–Crippen LogP) is 2.29. The van der Waals surface area contributed by atoms with Crippen molar-refractivity contribution in [3.05, 3.63) is 52.1 Å². The Bertz CT molecular complexity index is 734. The highest BCUT2D eigenvalue weighted by molar-refractivity contribution is 5.89. The Kier molecular flexibility index (Phi) is 3.74. The molecular weight excluding hydrogens is 278 g/mol. The molecule has 0 bridgehead atoms. The highest BCUT2D eigenvalue weighted by Crippen LogP contribution is 2.24. The minimum Gasteiger partial charge on any atom is -0.478 e. The van der Waals surface area contributed by atoms with E-state index in [1.54, 1.807) is 6.07 Å². The molecule has 0 spiro atoms. The van der Waals surface area contributed by atoms with Crippen LogP contribution in [0.5, 0.6) is 0 Å². The van der Waals surface area contributed by atoms with Crippen LogP contribution in [0.1, 0.15) is 38.7 Å². The topological polar surface area (TPSA) is 58.4 Å². The Morgan fingerprint density at radius 2 is 2.14 bits per heavy atom. The molecule has 1 aromatic heterocycles. The van der Waals surface area contributed by atoms with Gasteiger partial charge in [0.1, 0.15) is 5.82 Å².